The summed E-state index contributed by atoms with van der Waals surface area (Å²) in [4.78, 5) is 28.2. The molecule has 28 heavy (non-hydrogen) atoms. The molecule has 0 spiro atoms. The van der Waals surface area contributed by atoms with Gasteiger partial charge in [0.25, 0.3) is 11.8 Å². The van der Waals surface area contributed by atoms with Gasteiger partial charge in [-0.2, -0.15) is 0 Å². The first-order valence-electron chi connectivity index (χ1n) is 9.43. The van der Waals surface area contributed by atoms with Gasteiger partial charge in [-0.25, -0.2) is 0 Å². The number of benzene rings is 2. The molecular formula is C22H23N3O3. The maximum Gasteiger partial charge on any atom is 0.269 e. The van der Waals surface area contributed by atoms with Crippen molar-refractivity contribution in [1.82, 2.24) is 15.8 Å². The molecule has 6 nitrogen and oxygen atoms in total. The largest absolute Gasteiger partial charge is 0.497 e. The molecule has 1 aromatic heterocycles. The highest BCUT2D eigenvalue weighted by atomic mass is 16.5. The topological polar surface area (TPSA) is 83.2 Å². The van der Waals surface area contributed by atoms with Crippen LogP contribution in [0.3, 0.4) is 0 Å². The minimum atomic E-state index is -0.384. The summed E-state index contributed by atoms with van der Waals surface area (Å²) in [7, 11) is 1.56. The summed E-state index contributed by atoms with van der Waals surface area (Å²) in [6.45, 7) is 2.26. The van der Waals surface area contributed by atoms with Gasteiger partial charge in [-0.15, -0.1) is 0 Å². The molecule has 2 amide bonds. The zero-order chi connectivity index (χ0) is 19.7. The van der Waals surface area contributed by atoms with E-state index in [1.165, 1.54) is 17.7 Å². The molecule has 3 N–H and O–H groups in total. The minimum absolute atomic E-state index is 0.345. The highest BCUT2D eigenvalue weighted by Gasteiger charge is 2.20. The molecule has 1 heterocycles. The third-order valence-corrected chi connectivity index (χ3v) is 5.34. The summed E-state index contributed by atoms with van der Waals surface area (Å²) in [5.41, 5.74) is 9.54. The van der Waals surface area contributed by atoms with Crippen LogP contribution in [0, 0.1) is 5.92 Å². The number of fused-ring (bicyclic) bond motifs is 3. The molecule has 0 unspecified atom stereocenters. The quantitative estimate of drug-likeness (QED) is 0.612. The molecule has 0 radical (unpaired) electrons. The average Bonchev–Trinajstić information content (AvgIpc) is 3.08. The molecule has 0 saturated heterocycles. The van der Waals surface area contributed by atoms with Gasteiger partial charge in [0.1, 0.15) is 5.75 Å². The van der Waals surface area contributed by atoms with E-state index in [0.29, 0.717) is 22.8 Å². The number of aromatic nitrogens is 1. The summed E-state index contributed by atoms with van der Waals surface area (Å²) in [5.74, 6) is 0.582. The first kappa shape index (κ1) is 18.1. The lowest BCUT2D eigenvalue weighted by Gasteiger charge is -2.18. The number of ether oxygens (including phenoxy) is 1. The maximum absolute atomic E-state index is 12.5. The number of hydrazine groups is 1. The molecule has 0 bridgehead atoms. The van der Waals surface area contributed by atoms with Gasteiger partial charge in [-0.05, 0) is 73.2 Å². The van der Waals surface area contributed by atoms with Gasteiger partial charge in [0, 0.05) is 27.7 Å². The fourth-order valence-electron chi connectivity index (χ4n) is 3.73. The van der Waals surface area contributed by atoms with Crippen molar-refractivity contribution in [2.75, 3.05) is 7.11 Å². The monoisotopic (exact) mass is 377 g/mol. The van der Waals surface area contributed by atoms with Crippen molar-refractivity contribution in [3.63, 3.8) is 0 Å². The number of methoxy groups -OCH3 is 1. The van der Waals surface area contributed by atoms with E-state index in [-0.39, 0.29) is 11.8 Å². The van der Waals surface area contributed by atoms with Crippen LogP contribution in [0.15, 0.2) is 42.5 Å². The van der Waals surface area contributed by atoms with Crippen LogP contribution in [-0.4, -0.2) is 23.9 Å². The molecule has 4 rings (SSSR count). The number of carbonyl (C=O) groups excluding carboxylic acids is 2. The number of rotatable bonds is 3. The number of aryl methyl sites for hydroxylation is 1. The van der Waals surface area contributed by atoms with Crippen molar-refractivity contribution < 1.29 is 14.3 Å². The molecule has 2 aromatic carbocycles. The van der Waals surface area contributed by atoms with E-state index in [1.54, 1.807) is 37.4 Å². The third kappa shape index (κ3) is 3.45. The van der Waals surface area contributed by atoms with E-state index in [0.717, 1.165) is 23.7 Å². The number of hydrogen-bond acceptors (Lipinski definition) is 3. The predicted octanol–water partition coefficient (Wildman–Crippen LogP) is 3.38. The number of nitrogens with one attached hydrogen (secondary N) is 3. The lowest BCUT2D eigenvalue weighted by molar-refractivity contribution is 0.0846. The van der Waals surface area contributed by atoms with E-state index in [4.69, 9.17) is 4.74 Å². The smallest absolute Gasteiger partial charge is 0.269 e. The second-order valence-corrected chi connectivity index (χ2v) is 7.33. The van der Waals surface area contributed by atoms with Gasteiger partial charge in [0.05, 0.1) is 7.11 Å². The van der Waals surface area contributed by atoms with E-state index in [2.05, 4.69) is 22.8 Å². The Kier molecular flexibility index (Phi) is 4.77. The standard InChI is InChI=1S/C22H23N3O3/c1-13-3-9-19-17(11-13)18-12-15(6-10-20(18)23-19)22(27)25-24-21(26)14-4-7-16(28-2)8-5-14/h4-8,10,12-13,23H,3,9,11H2,1-2H3,(H,24,26)(H,25,27)/t13-/m0/s1. The molecule has 1 aliphatic rings. The lowest BCUT2D eigenvalue weighted by Crippen LogP contribution is -2.41. The molecule has 144 valence electrons. The molecule has 0 aliphatic heterocycles. The van der Waals surface area contributed by atoms with Crippen molar-refractivity contribution in [3.05, 3.63) is 64.8 Å². The Morgan fingerprint density at radius 1 is 1.04 bits per heavy atom. The zero-order valence-corrected chi connectivity index (χ0v) is 16.0. The van der Waals surface area contributed by atoms with E-state index >= 15 is 0 Å². The molecule has 0 fully saturated rings. The summed E-state index contributed by atoms with van der Waals surface area (Å²) < 4.78 is 5.08. The summed E-state index contributed by atoms with van der Waals surface area (Å²) >= 11 is 0. The van der Waals surface area contributed by atoms with Gasteiger partial charge >= 0.3 is 0 Å². The number of amides is 2. The predicted molar refractivity (Wildman–Crippen MR) is 107 cm³/mol. The maximum atomic E-state index is 12.5. The van der Waals surface area contributed by atoms with Crippen molar-refractivity contribution in [2.24, 2.45) is 5.92 Å². The Bertz CT molecular complexity index is 1040. The van der Waals surface area contributed by atoms with E-state index < -0.39 is 0 Å². The van der Waals surface area contributed by atoms with Crippen molar-refractivity contribution >= 4 is 22.7 Å². The van der Waals surface area contributed by atoms with Crippen molar-refractivity contribution in [3.8, 4) is 5.75 Å². The number of hydrogen-bond donors (Lipinski definition) is 3. The van der Waals surface area contributed by atoms with Crippen LogP contribution in [0.5, 0.6) is 5.75 Å². The SMILES string of the molecule is COc1ccc(C(=O)NNC(=O)c2ccc3[nH]c4c(c3c2)C[C@@H](C)CC4)cc1. The van der Waals surface area contributed by atoms with E-state index in [1.807, 2.05) is 12.1 Å². The lowest BCUT2D eigenvalue weighted by atomic mass is 9.87. The molecule has 3 aromatic rings. The van der Waals surface area contributed by atoms with E-state index in [9.17, 15) is 9.59 Å². The average molecular weight is 377 g/mol. The fraction of sp³-hybridized carbons (Fsp3) is 0.273. The first-order chi connectivity index (χ1) is 13.5. The molecule has 1 aliphatic carbocycles. The minimum Gasteiger partial charge on any atom is -0.497 e. The molecular weight excluding hydrogens is 354 g/mol. The van der Waals surface area contributed by atoms with Crippen molar-refractivity contribution in [1.29, 1.82) is 0 Å². The molecule has 6 heteroatoms. The van der Waals surface area contributed by atoms with Crippen LogP contribution in [-0.2, 0) is 12.8 Å². The van der Waals surface area contributed by atoms with Crippen LogP contribution in [0.2, 0.25) is 0 Å². The van der Waals surface area contributed by atoms with Crippen molar-refractivity contribution in [2.45, 2.75) is 26.2 Å². The van der Waals surface area contributed by atoms with Gasteiger partial charge in [0.2, 0.25) is 0 Å². The van der Waals surface area contributed by atoms with Crippen LogP contribution < -0.4 is 15.6 Å². The summed E-state index contributed by atoms with van der Waals surface area (Å²) in [6, 6.07) is 12.3. The Hall–Kier alpha value is -3.28. The van der Waals surface area contributed by atoms with Gasteiger partial charge in [-0.3, -0.25) is 20.4 Å². The number of aromatic amines is 1. The Morgan fingerprint density at radius 3 is 2.43 bits per heavy atom. The summed E-state index contributed by atoms with van der Waals surface area (Å²) in [5, 5.41) is 1.09. The van der Waals surface area contributed by atoms with Gasteiger partial charge in [-0.1, -0.05) is 6.92 Å². The second kappa shape index (κ2) is 7.38. The Balaban J connectivity index is 1.47. The summed E-state index contributed by atoms with van der Waals surface area (Å²) in [6.07, 6.45) is 3.25. The number of H-pyrrole nitrogens is 1. The van der Waals surface area contributed by atoms with Crippen LogP contribution in [0.4, 0.5) is 0 Å². The first-order valence-corrected chi connectivity index (χ1v) is 9.43. The van der Waals surface area contributed by atoms with Gasteiger partial charge in [0.15, 0.2) is 0 Å². The normalized spacial score (nSPS) is 15.7. The van der Waals surface area contributed by atoms with Gasteiger partial charge < -0.3 is 9.72 Å². The van der Waals surface area contributed by atoms with Crippen LogP contribution in [0.25, 0.3) is 10.9 Å². The second-order valence-electron chi connectivity index (χ2n) is 7.33. The number of carbonyl (C=O) groups is 2. The Labute approximate surface area is 163 Å². The zero-order valence-electron chi connectivity index (χ0n) is 16.0. The Morgan fingerprint density at radius 2 is 1.71 bits per heavy atom. The highest BCUT2D eigenvalue weighted by Crippen LogP contribution is 2.32. The van der Waals surface area contributed by atoms with Crippen LogP contribution in [0.1, 0.15) is 45.3 Å². The fourth-order valence-corrected chi connectivity index (χ4v) is 3.73. The molecule has 0 saturated carbocycles. The highest BCUT2D eigenvalue weighted by molar-refractivity contribution is 6.01. The molecule has 1 atom stereocenters. The third-order valence-electron chi connectivity index (χ3n) is 5.34. The van der Waals surface area contributed by atoms with Crippen LogP contribution >= 0.6 is 0 Å².